The molecule has 0 unspecified atom stereocenters. The van der Waals surface area contributed by atoms with Crippen molar-refractivity contribution in [2.24, 2.45) is 5.92 Å². The summed E-state index contributed by atoms with van der Waals surface area (Å²) in [5.74, 6) is 0.184. The highest BCUT2D eigenvalue weighted by Crippen LogP contribution is 2.29. The Bertz CT molecular complexity index is 1120. The number of likely N-dealkylation sites (tertiary alicyclic amines) is 1. The lowest BCUT2D eigenvalue weighted by Crippen LogP contribution is -2.41. The molecule has 3 heterocycles. The number of amides is 2. The Hall–Kier alpha value is -2.43. The molecule has 0 aliphatic carbocycles. The van der Waals surface area contributed by atoms with E-state index in [1.165, 1.54) is 10.4 Å². The minimum atomic E-state index is -3.70. The molecule has 0 bridgehead atoms. The fourth-order valence-electron chi connectivity index (χ4n) is 4.45. The summed E-state index contributed by atoms with van der Waals surface area (Å²) in [6.07, 6.45) is 5.11. The Morgan fingerprint density at radius 2 is 1.74 bits per heavy atom. The van der Waals surface area contributed by atoms with Crippen LogP contribution in [-0.4, -0.2) is 62.7 Å². The average molecular weight is 506 g/mol. The van der Waals surface area contributed by atoms with Gasteiger partial charge < -0.3 is 15.0 Å². The number of nitrogens with zero attached hydrogens (tertiary/aromatic N) is 2. The van der Waals surface area contributed by atoms with Crippen LogP contribution in [0, 0.1) is 5.92 Å². The normalized spacial score (nSPS) is 18.3. The van der Waals surface area contributed by atoms with E-state index < -0.39 is 10.0 Å². The molecule has 2 aliphatic rings. The molecular weight excluding hydrogens is 474 g/mol. The number of hydrogen-bond donors (Lipinski definition) is 1. The lowest BCUT2D eigenvalue weighted by molar-refractivity contribution is -0.120. The summed E-state index contributed by atoms with van der Waals surface area (Å²) < 4.78 is 33.2. The maximum absolute atomic E-state index is 13.2. The van der Waals surface area contributed by atoms with Crippen molar-refractivity contribution in [1.29, 1.82) is 0 Å². The minimum absolute atomic E-state index is 0.0903. The van der Waals surface area contributed by atoms with Crippen LogP contribution in [0.4, 0.5) is 5.69 Å². The monoisotopic (exact) mass is 505 g/mol. The molecule has 0 radical (unpaired) electrons. The lowest BCUT2D eigenvalue weighted by atomic mass is 9.97. The van der Waals surface area contributed by atoms with Crippen molar-refractivity contribution in [3.05, 3.63) is 41.3 Å². The molecule has 2 aromatic rings. The van der Waals surface area contributed by atoms with E-state index in [-0.39, 0.29) is 35.0 Å². The Morgan fingerprint density at radius 1 is 1.03 bits per heavy atom. The fraction of sp³-hybridized carbons (Fsp3) is 0.500. The molecule has 2 amide bonds. The largest absolute Gasteiger partial charge is 0.497 e. The predicted octanol–water partition coefficient (Wildman–Crippen LogP) is 3.81. The van der Waals surface area contributed by atoms with Crippen LogP contribution in [-0.2, 0) is 14.8 Å². The van der Waals surface area contributed by atoms with E-state index in [2.05, 4.69) is 5.32 Å². The predicted molar refractivity (Wildman–Crippen MR) is 132 cm³/mol. The number of benzene rings is 1. The van der Waals surface area contributed by atoms with Gasteiger partial charge in [0.15, 0.2) is 0 Å². The first-order chi connectivity index (χ1) is 16.4. The van der Waals surface area contributed by atoms with Gasteiger partial charge in [0, 0.05) is 49.2 Å². The maximum atomic E-state index is 13.2. The average Bonchev–Trinajstić information content (AvgIpc) is 3.21. The quantitative estimate of drug-likeness (QED) is 0.644. The van der Waals surface area contributed by atoms with Crippen molar-refractivity contribution in [3.8, 4) is 5.75 Å². The molecule has 2 aliphatic heterocycles. The first-order valence-corrected chi connectivity index (χ1v) is 14.0. The van der Waals surface area contributed by atoms with Gasteiger partial charge in [0.2, 0.25) is 5.91 Å². The van der Waals surface area contributed by atoms with E-state index >= 15 is 0 Å². The van der Waals surface area contributed by atoms with Gasteiger partial charge >= 0.3 is 0 Å². The molecule has 0 atom stereocenters. The van der Waals surface area contributed by atoms with Crippen LogP contribution >= 0.6 is 11.3 Å². The van der Waals surface area contributed by atoms with Gasteiger partial charge in [0.25, 0.3) is 15.9 Å². The van der Waals surface area contributed by atoms with Crippen molar-refractivity contribution in [1.82, 2.24) is 9.21 Å². The number of hydrogen-bond acceptors (Lipinski definition) is 6. The summed E-state index contributed by atoms with van der Waals surface area (Å²) in [4.78, 5) is 27.4. The standard InChI is InChI=1S/C24H31N3O5S2/c1-32-21-8-6-7-20(16-21)25-23(28)18-9-13-27(14-10-18)34(30,31)22-15-19(17-33-22)24(29)26-11-4-2-3-5-12-26/h6-8,15-18H,2-5,9-14H2,1H3,(H,25,28). The van der Waals surface area contributed by atoms with Crippen LogP contribution in [0.2, 0.25) is 0 Å². The van der Waals surface area contributed by atoms with Gasteiger partial charge in [-0.25, -0.2) is 8.42 Å². The zero-order valence-electron chi connectivity index (χ0n) is 19.4. The van der Waals surface area contributed by atoms with Crippen molar-refractivity contribution in [3.63, 3.8) is 0 Å². The molecule has 1 aromatic carbocycles. The molecule has 1 aromatic heterocycles. The fourth-order valence-corrected chi connectivity index (χ4v) is 7.23. The van der Waals surface area contributed by atoms with Gasteiger partial charge in [0.05, 0.1) is 12.7 Å². The third-order valence-corrected chi connectivity index (χ3v) is 9.79. The molecule has 2 fully saturated rings. The van der Waals surface area contributed by atoms with E-state index in [1.54, 1.807) is 36.8 Å². The second kappa shape index (κ2) is 10.9. The van der Waals surface area contributed by atoms with Gasteiger partial charge in [-0.1, -0.05) is 18.9 Å². The number of sulfonamides is 1. The highest BCUT2D eigenvalue weighted by Gasteiger charge is 2.33. The van der Waals surface area contributed by atoms with Crippen LogP contribution in [0.1, 0.15) is 48.9 Å². The minimum Gasteiger partial charge on any atom is -0.497 e. The lowest BCUT2D eigenvalue weighted by Gasteiger charge is -2.30. The summed E-state index contributed by atoms with van der Waals surface area (Å²) in [6.45, 7) is 1.99. The van der Waals surface area contributed by atoms with Crippen molar-refractivity contribution >= 4 is 38.9 Å². The van der Waals surface area contributed by atoms with Gasteiger partial charge in [-0.2, -0.15) is 4.31 Å². The summed E-state index contributed by atoms with van der Waals surface area (Å²) in [6, 6.07) is 8.65. The Labute approximate surface area is 204 Å². The molecule has 0 spiro atoms. The van der Waals surface area contributed by atoms with Crippen LogP contribution in [0.25, 0.3) is 0 Å². The van der Waals surface area contributed by atoms with Crippen LogP contribution in [0.3, 0.4) is 0 Å². The molecule has 4 rings (SSSR count). The van der Waals surface area contributed by atoms with E-state index in [0.29, 0.717) is 29.8 Å². The van der Waals surface area contributed by atoms with Crippen LogP contribution in [0.15, 0.2) is 39.9 Å². The molecule has 10 heteroatoms. The summed E-state index contributed by atoms with van der Waals surface area (Å²) in [7, 11) is -2.13. The smallest absolute Gasteiger partial charge is 0.254 e. The number of thiophene rings is 1. The third kappa shape index (κ3) is 5.61. The third-order valence-electron chi connectivity index (χ3n) is 6.47. The number of carbonyl (C=O) groups excluding carboxylic acids is 2. The van der Waals surface area contributed by atoms with E-state index in [9.17, 15) is 18.0 Å². The van der Waals surface area contributed by atoms with Crippen LogP contribution in [0.5, 0.6) is 5.75 Å². The second-order valence-corrected chi connectivity index (χ2v) is 11.8. The zero-order chi connectivity index (χ0) is 24.1. The summed E-state index contributed by atoms with van der Waals surface area (Å²) >= 11 is 1.09. The highest BCUT2D eigenvalue weighted by atomic mass is 32.2. The van der Waals surface area contributed by atoms with Gasteiger partial charge in [-0.3, -0.25) is 9.59 Å². The number of ether oxygens (including phenoxy) is 1. The van der Waals surface area contributed by atoms with E-state index in [4.69, 9.17) is 4.74 Å². The molecular formula is C24H31N3O5S2. The molecule has 1 N–H and O–H groups in total. The van der Waals surface area contributed by atoms with E-state index in [0.717, 1.165) is 50.1 Å². The zero-order valence-corrected chi connectivity index (χ0v) is 21.0. The number of nitrogens with one attached hydrogen (secondary N) is 1. The first kappa shape index (κ1) is 24.7. The number of rotatable bonds is 6. The molecule has 0 saturated carbocycles. The van der Waals surface area contributed by atoms with Crippen molar-refractivity contribution in [2.75, 3.05) is 38.6 Å². The van der Waals surface area contributed by atoms with E-state index in [1.807, 2.05) is 4.90 Å². The number of piperidine rings is 1. The Balaban J connectivity index is 1.35. The summed E-state index contributed by atoms with van der Waals surface area (Å²) in [5, 5.41) is 4.54. The molecule has 2 saturated heterocycles. The molecule has 8 nitrogen and oxygen atoms in total. The van der Waals surface area contributed by atoms with Gasteiger partial charge in [-0.15, -0.1) is 11.3 Å². The number of carbonyl (C=O) groups is 2. The number of methoxy groups -OCH3 is 1. The second-order valence-electron chi connectivity index (χ2n) is 8.76. The first-order valence-electron chi connectivity index (χ1n) is 11.7. The Morgan fingerprint density at radius 3 is 2.41 bits per heavy atom. The van der Waals surface area contributed by atoms with Gasteiger partial charge in [-0.05, 0) is 43.9 Å². The summed E-state index contributed by atoms with van der Waals surface area (Å²) in [5.41, 5.74) is 1.10. The molecule has 34 heavy (non-hydrogen) atoms. The maximum Gasteiger partial charge on any atom is 0.254 e. The van der Waals surface area contributed by atoms with Crippen molar-refractivity contribution in [2.45, 2.75) is 42.7 Å². The SMILES string of the molecule is COc1cccc(NC(=O)C2CCN(S(=O)(=O)c3cc(C(=O)N4CCCCCC4)cs3)CC2)c1. The van der Waals surface area contributed by atoms with Crippen molar-refractivity contribution < 1.29 is 22.7 Å². The van der Waals surface area contributed by atoms with Crippen LogP contribution < -0.4 is 10.1 Å². The number of anilines is 1. The highest BCUT2D eigenvalue weighted by molar-refractivity contribution is 7.91. The topological polar surface area (TPSA) is 96.0 Å². The van der Waals surface area contributed by atoms with Gasteiger partial charge in [0.1, 0.15) is 9.96 Å². The Kier molecular flexibility index (Phi) is 7.90. The molecule has 184 valence electrons.